The third-order valence-corrected chi connectivity index (χ3v) is 7.50. The lowest BCUT2D eigenvalue weighted by atomic mass is 10.1. The Balaban J connectivity index is 1.61. The number of allylic oxidation sites excluding steroid dienone is 1. The Morgan fingerprint density at radius 1 is 1.17 bits per heavy atom. The van der Waals surface area contributed by atoms with Crippen LogP contribution in [0.1, 0.15) is 56.3 Å². The van der Waals surface area contributed by atoms with Gasteiger partial charge in [-0.2, -0.15) is 13.2 Å². The van der Waals surface area contributed by atoms with E-state index in [-0.39, 0.29) is 42.2 Å². The molecule has 1 saturated heterocycles. The van der Waals surface area contributed by atoms with Crippen LogP contribution in [0.3, 0.4) is 0 Å². The molecule has 4 rings (SSSR count). The maximum Gasteiger partial charge on any atom is 0.410 e. The maximum atomic E-state index is 13.6. The third kappa shape index (κ3) is 9.39. The Bertz CT molecular complexity index is 1700. The van der Waals surface area contributed by atoms with Crippen molar-refractivity contribution in [2.45, 2.75) is 70.0 Å². The Morgan fingerprint density at radius 2 is 1.94 bits per heavy atom. The molecule has 3 amide bonds. The molecule has 0 spiro atoms. The van der Waals surface area contributed by atoms with E-state index >= 15 is 0 Å². The summed E-state index contributed by atoms with van der Waals surface area (Å²) in [7, 11) is 6.11. The minimum Gasteiger partial charge on any atom is -0.436 e. The number of likely N-dealkylation sites (N-methyl/N-ethyl adjacent to an activating group) is 1. The zero-order valence-electron chi connectivity index (χ0n) is 27.2. The fraction of sp³-hybridized carbons (Fsp3) is 0.516. The molecular weight excluding hydrogens is 637 g/mol. The molecule has 1 aliphatic rings. The van der Waals surface area contributed by atoms with Crippen molar-refractivity contribution in [3.05, 3.63) is 58.7 Å². The number of nitrogens with one attached hydrogen (secondary N) is 1. The van der Waals surface area contributed by atoms with Crippen molar-refractivity contribution in [1.82, 2.24) is 33.9 Å². The molecule has 260 valence electrons. The van der Waals surface area contributed by atoms with E-state index in [4.69, 9.17) is 9.47 Å². The van der Waals surface area contributed by atoms with E-state index in [1.807, 2.05) is 0 Å². The SMILES string of the molecule is CN(C)C(=O)/C=C/CCC(OC(=O)N(C)C)C(=O)Nc1cccn(Cc2nc3c(CCC(F)(F)F)ncnc3n2C2CCCCO2)c1=O. The molecule has 3 aromatic heterocycles. The number of rotatable bonds is 12. The first-order valence-corrected chi connectivity index (χ1v) is 15.4. The summed E-state index contributed by atoms with van der Waals surface area (Å²) >= 11 is 0. The van der Waals surface area contributed by atoms with Crippen LogP contribution in [-0.4, -0.2) is 98.9 Å². The summed E-state index contributed by atoms with van der Waals surface area (Å²) in [5.74, 6) is -0.688. The van der Waals surface area contributed by atoms with Crippen molar-refractivity contribution >= 4 is 34.8 Å². The summed E-state index contributed by atoms with van der Waals surface area (Å²) in [6.45, 7) is 0.347. The fourth-order valence-corrected chi connectivity index (χ4v) is 4.96. The predicted octanol–water partition coefficient (Wildman–Crippen LogP) is 3.66. The number of fused-ring (bicyclic) bond motifs is 1. The number of imidazole rings is 1. The first-order valence-electron chi connectivity index (χ1n) is 15.4. The molecule has 2 unspecified atom stereocenters. The van der Waals surface area contributed by atoms with Crippen molar-refractivity contribution in [2.75, 3.05) is 40.1 Å². The van der Waals surface area contributed by atoms with Crippen LogP contribution < -0.4 is 10.9 Å². The standard InChI is InChI=1S/C31H39F3N8O6/c1-39(2)24(43)12-6-5-11-22(48-30(46)40(3)4)28(44)37-21-10-9-16-41(29(21)45)18-23-38-26-20(14-15-31(32,33)34)35-19-36-27(26)42(23)25-13-7-8-17-47-25/h6,9-10,12,16,19,22,25H,5,7-8,11,13-15,17-18H2,1-4H3,(H,37,44)/b12-6+. The van der Waals surface area contributed by atoms with Gasteiger partial charge in [0.2, 0.25) is 5.91 Å². The Morgan fingerprint density at radius 3 is 2.60 bits per heavy atom. The molecule has 0 aromatic carbocycles. The number of halogens is 3. The van der Waals surface area contributed by atoms with Gasteiger partial charge in [0.15, 0.2) is 11.8 Å². The average Bonchev–Trinajstić information content (AvgIpc) is 3.41. The molecule has 1 aliphatic heterocycles. The number of pyridine rings is 1. The molecule has 3 aromatic rings. The van der Waals surface area contributed by atoms with E-state index in [9.17, 15) is 32.3 Å². The highest BCUT2D eigenvalue weighted by Gasteiger charge is 2.30. The van der Waals surface area contributed by atoms with Crippen molar-refractivity contribution in [2.24, 2.45) is 0 Å². The van der Waals surface area contributed by atoms with Gasteiger partial charge in [-0.1, -0.05) is 6.08 Å². The maximum absolute atomic E-state index is 13.6. The van der Waals surface area contributed by atoms with Crippen LogP contribution in [0.5, 0.6) is 0 Å². The second-order valence-corrected chi connectivity index (χ2v) is 11.7. The first kappa shape index (κ1) is 36.0. The van der Waals surface area contributed by atoms with Crippen LogP contribution in [0.15, 0.2) is 41.6 Å². The summed E-state index contributed by atoms with van der Waals surface area (Å²) in [4.78, 5) is 66.6. The number of nitrogens with zero attached hydrogens (tertiary/aromatic N) is 7. The second kappa shape index (κ2) is 15.9. The number of hydrogen-bond donors (Lipinski definition) is 1. The fourth-order valence-electron chi connectivity index (χ4n) is 4.96. The predicted molar refractivity (Wildman–Crippen MR) is 168 cm³/mol. The van der Waals surface area contributed by atoms with Gasteiger partial charge in [-0.15, -0.1) is 0 Å². The number of amides is 3. The highest BCUT2D eigenvalue weighted by atomic mass is 19.4. The van der Waals surface area contributed by atoms with Gasteiger partial charge in [0.05, 0.1) is 12.2 Å². The monoisotopic (exact) mass is 676 g/mol. The van der Waals surface area contributed by atoms with E-state index in [1.165, 1.54) is 54.3 Å². The van der Waals surface area contributed by atoms with Crippen molar-refractivity contribution in [3.8, 4) is 0 Å². The van der Waals surface area contributed by atoms with E-state index in [1.54, 1.807) is 24.7 Å². The van der Waals surface area contributed by atoms with Crippen molar-refractivity contribution in [1.29, 1.82) is 0 Å². The number of ether oxygens (including phenoxy) is 2. The van der Waals surface area contributed by atoms with Gasteiger partial charge in [-0.3, -0.25) is 19.0 Å². The topological polar surface area (TPSA) is 154 Å². The summed E-state index contributed by atoms with van der Waals surface area (Å²) in [5.41, 5.74) is -0.0926. The molecule has 17 heteroatoms. The molecule has 0 saturated carbocycles. The molecule has 2 atom stereocenters. The summed E-state index contributed by atoms with van der Waals surface area (Å²) < 4.78 is 53.5. The van der Waals surface area contributed by atoms with Crippen LogP contribution in [0.4, 0.5) is 23.7 Å². The number of hydrogen-bond acceptors (Lipinski definition) is 9. The van der Waals surface area contributed by atoms with Crippen LogP contribution in [0.2, 0.25) is 0 Å². The van der Waals surface area contributed by atoms with Crippen LogP contribution >= 0.6 is 0 Å². The summed E-state index contributed by atoms with van der Waals surface area (Å²) in [6, 6.07) is 2.93. The van der Waals surface area contributed by atoms with Gasteiger partial charge in [0.25, 0.3) is 11.5 Å². The Labute approximate surface area is 274 Å². The van der Waals surface area contributed by atoms with Crippen LogP contribution in [0, 0.1) is 0 Å². The molecular formula is C31H39F3N8O6. The molecule has 48 heavy (non-hydrogen) atoms. The minimum absolute atomic E-state index is 0.0345. The second-order valence-electron chi connectivity index (χ2n) is 11.7. The molecule has 0 bridgehead atoms. The van der Waals surface area contributed by atoms with Gasteiger partial charge in [-0.05, 0) is 50.3 Å². The zero-order chi connectivity index (χ0) is 35.0. The smallest absolute Gasteiger partial charge is 0.410 e. The van der Waals surface area contributed by atoms with E-state index in [0.717, 1.165) is 17.7 Å². The van der Waals surface area contributed by atoms with Crippen molar-refractivity contribution < 1.29 is 37.0 Å². The molecule has 14 nitrogen and oxygen atoms in total. The largest absolute Gasteiger partial charge is 0.436 e. The molecule has 1 N–H and O–H groups in total. The lowest BCUT2D eigenvalue weighted by Crippen LogP contribution is -2.37. The molecule has 4 heterocycles. The Kier molecular flexibility index (Phi) is 11.9. The van der Waals surface area contributed by atoms with Gasteiger partial charge in [0, 0.05) is 53.8 Å². The number of alkyl halides is 3. The van der Waals surface area contributed by atoms with Gasteiger partial charge < -0.3 is 29.2 Å². The van der Waals surface area contributed by atoms with E-state index in [2.05, 4.69) is 20.3 Å². The first-order chi connectivity index (χ1) is 22.7. The normalized spacial score (nSPS) is 15.8. The molecule has 0 radical (unpaired) electrons. The van der Waals surface area contributed by atoms with E-state index in [0.29, 0.717) is 24.5 Å². The minimum atomic E-state index is -4.39. The van der Waals surface area contributed by atoms with Gasteiger partial charge >= 0.3 is 12.3 Å². The zero-order valence-corrected chi connectivity index (χ0v) is 27.2. The third-order valence-electron chi connectivity index (χ3n) is 7.50. The average molecular weight is 677 g/mol. The van der Waals surface area contributed by atoms with Crippen LogP contribution in [0.25, 0.3) is 11.2 Å². The lowest BCUT2D eigenvalue weighted by molar-refractivity contribution is -0.134. The number of carbonyl (C=O) groups is 3. The summed E-state index contributed by atoms with van der Waals surface area (Å²) in [5, 5.41) is 2.55. The highest BCUT2D eigenvalue weighted by molar-refractivity contribution is 5.95. The summed E-state index contributed by atoms with van der Waals surface area (Å²) in [6.07, 6.45) is -0.289. The van der Waals surface area contributed by atoms with Gasteiger partial charge in [-0.25, -0.2) is 19.7 Å². The number of aromatic nitrogens is 5. The number of anilines is 1. The number of carbonyl (C=O) groups excluding carboxylic acids is 3. The van der Waals surface area contributed by atoms with Crippen molar-refractivity contribution in [3.63, 3.8) is 0 Å². The van der Waals surface area contributed by atoms with E-state index < -0.39 is 48.9 Å². The lowest BCUT2D eigenvalue weighted by Gasteiger charge is -2.25. The number of aryl methyl sites for hydroxylation is 1. The molecule has 1 fully saturated rings. The highest BCUT2D eigenvalue weighted by Crippen LogP contribution is 2.30. The Hall–Kier alpha value is -4.80. The quantitative estimate of drug-likeness (QED) is 0.283. The molecule has 0 aliphatic carbocycles. The van der Waals surface area contributed by atoms with Crippen LogP contribution in [-0.2, 0) is 32.0 Å². The van der Waals surface area contributed by atoms with Gasteiger partial charge in [0.1, 0.15) is 29.6 Å².